The van der Waals surface area contributed by atoms with E-state index in [0.29, 0.717) is 12.1 Å². The third-order valence-electron chi connectivity index (χ3n) is 5.13. The van der Waals surface area contributed by atoms with E-state index in [0.717, 1.165) is 0 Å². The average Bonchev–Trinajstić information content (AvgIpc) is 3.27. The molecule has 1 rings (SSSR count). The molecule has 5 atom stereocenters. The second kappa shape index (κ2) is 13.6. The molecule has 0 saturated heterocycles. The van der Waals surface area contributed by atoms with Crippen molar-refractivity contribution in [3.05, 3.63) is 18.2 Å². The molecule has 9 N–H and O–H groups in total. The molecule has 0 aliphatic rings. The number of carboxylic acids is 3. The Morgan fingerprint density at radius 3 is 2.03 bits per heavy atom. The number of hydrogen-bond donors (Lipinski definition) is 8. The number of carboxylic acid groups (broad SMARTS) is 3. The van der Waals surface area contributed by atoms with E-state index in [-0.39, 0.29) is 6.42 Å². The molecule has 15 nitrogen and oxygen atoms in total. The van der Waals surface area contributed by atoms with E-state index in [1.54, 1.807) is 13.8 Å². The quantitative estimate of drug-likeness (QED) is 0.129. The summed E-state index contributed by atoms with van der Waals surface area (Å²) in [6.07, 6.45) is 1.39. The van der Waals surface area contributed by atoms with Crippen molar-refractivity contribution < 1.29 is 44.1 Å². The highest BCUT2D eigenvalue weighted by atomic mass is 16.4. The van der Waals surface area contributed by atoms with E-state index in [1.807, 2.05) is 0 Å². The predicted octanol–water partition coefficient (Wildman–Crippen LogP) is -2.19. The van der Waals surface area contributed by atoms with Gasteiger partial charge in [0.15, 0.2) is 0 Å². The molecular formula is C20H30N6O9. The van der Waals surface area contributed by atoms with Crippen LogP contribution in [0, 0.1) is 5.92 Å². The second-order valence-electron chi connectivity index (χ2n) is 7.92. The summed E-state index contributed by atoms with van der Waals surface area (Å²) in [5.41, 5.74) is 5.90. The first-order valence-corrected chi connectivity index (χ1v) is 10.7. The van der Waals surface area contributed by atoms with Crippen LogP contribution in [0.4, 0.5) is 0 Å². The lowest BCUT2D eigenvalue weighted by atomic mass is 9.97. The minimum Gasteiger partial charge on any atom is -0.481 e. The maximum Gasteiger partial charge on any atom is 0.326 e. The molecule has 0 fully saturated rings. The highest BCUT2D eigenvalue weighted by Gasteiger charge is 2.34. The van der Waals surface area contributed by atoms with Crippen molar-refractivity contribution in [3.63, 3.8) is 0 Å². The fraction of sp³-hybridized carbons (Fsp3) is 0.550. The number of aromatic amines is 1. The van der Waals surface area contributed by atoms with Crippen LogP contribution in [-0.4, -0.2) is 85.1 Å². The standard InChI is InChI=1S/C20H30N6O9/c1-3-9(2)16(19(33)25-13(20(34)35)4-10-7-22-8-23-10)26-18(32)12(6-15(29)30)24-17(31)11(21)5-14(27)28/h7-9,11-13,16H,3-6,21H2,1-2H3,(H,22,23)(H,24,31)(H,25,33)(H,26,32)(H,27,28)(H,29,30)(H,34,35). The fourth-order valence-electron chi connectivity index (χ4n) is 2.98. The van der Waals surface area contributed by atoms with Crippen molar-refractivity contribution >= 4 is 35.6 Å². The molecule has 3 amide bonds. The number of carbonyl (C=O) groups excluding carboxylic acids is 3. The minimum atomic E-state index is -1.67. The molecule has 5 unspecified atom stereocenters. The van der Waals surface area contributed by atoms with Crippen LogP contribution in [0.5, 0.6) is 0 Å². The first-order chi connectivity index (χ1) is 16.3. The van der Waals surface area contributed by atoms with Gasteiger partial charge in [0.05, 0.1) is 25.2 Å². The molecule has 35 heavy (non-hydrogen) atoms. The van der Waals surface area contributed by atoms with Gasteiger partial charge in [0.1, 0.15) is 18.1 Å². The molecule has 1 heterocycles. The van der Waals surface area contributed by atoms with Crippen LogP contribution in [0.15, 0.2) is 12.5 Å². The number of hydrogen-bond acceptors (Lipinski definition) is 8. The molecule has 0 aliphatic heterocycles. The highest BCUT2D eigenvalue weighted by molar-refractivity contribution is 5.96. The molecule has 194 valence electrons. The number of imidazole rings is 1. The fourth-order valence-corrected chi connectivity index (χ4v) is 2.98. The zero-order valence-electron chi connectivity index (χ0n) is 19.2. The van der Waals surface area contributed by atoms with E-state index in [2.05, 4.69) is 25.9 Å². The van der Waals surface area contributed by atoms with E-state index in [4.69, 9.17) is 15.9 Å². The Kier molecular flexibility index (Phi) is 11.3. The molecule has 1 aromatic rings. The van der Waals surface area contributed by atoms with Crippen LogP contribution in [-0.2, 0) is 35.2 Å². The number of nitrogens with zero attached hydrogens (tertiary/aromatic N) is 1. The van der Waals surface area contributed by atoms with Crippen molar-refractivity contribution in [2.45, 2.75) is 63.7 Å². The lowest BCUT2D eigenvalue weighted by Gasteiger charge is -2.27. The smallest absolute Gasteiger partial charge is 0.326 e. The number of amides is 3. The Hall–Kier alpha value is -4.01. The molecule has 0 bridgehead atoms. The molecule has 0 spiro atoms. The Morgan fingerprint density at radius 1 is 0.943 bits per heavy atom. The van der Waals surface area contributed by atoms with E-state index in [9.17, 15) is 33.9 Å². The van der Waals surface area contributed by atoms with Crippen molar-refractivity contribution in [1.29, 1.82) is 0 Å². The molecule has 0 saturated carbocycles. The van der Waals surface area contributed by atoms with Gasteiger partial charge in [-0.2, -0.15) is 0 Å². The van der Waals surface area contributed by atoms with Gasteiger partial charge in [-0.15, -0.1) is 0 Å². The molecule has 0 aliphatic carbocycles. The summed E-state index contributed by atoms with van der Waals surface area (Å²) in [7, 11) is 0. The summed E-state index contributed by atoms with van der Waals surface area (Å²) in [6.45, 7) is 3.33. The largest absolute Gasteiger partial charge is 0.481 e. The van der Waals surface area contributed by atoms with Crippen molar-refractivity contribution in [1.82, 2.24) is 25.9 Å². The van der Waals surface area contributed by atoms with Crippen LogP contribution in [0.2, 0.25) is 0 Å². The topological polar surface area (TPSA) is 254 Å². The van der Waals surface area contributed by atoms with Gasteiger partial charge in [0.25, 0.3) is 0 Å². The lowest BCUT2D eigenvalue weighted by Crippen LogP contribution is -2.59. The maximum absolute atomic E-state index is 12.9. The monoisotopic (exact) mass is 498 g/mol. The number of H-pyrrole nitrogens is 1. The van der Waals surface area contributed by atoms with Crippen LogP contribution in [0.3, 0.4) is 0 Å². The van der Waals surface area contributed by atoms with E-state index >= 15 is 0 Å². The van der Waals surface area contributed by atoms with Gasteiger partial charge >= 0.3 is 17.9 Å². The van der Waals surface area contributed by atoms with Crippen molar-refractivity contribution in [2.24, 2.45) is 11.7 Å². The summed E-state index contributed by atoms with van der Waals surface area (Å²) in [6, 6.07) is -5.82. The van der Waals surface area contributed by atoms with Crippen molar-refractivity contribution in [2.75, 3.05) is 0 Å². The zero-order valence-corrected chi connectivity index (χ0v) is 19.2. The molecule has 0 radical (unpaired) electrons. The predicted molar refractivity (Wildman–Crippen MR) is 118 cm³/mol. The van der Waals surface area contributed by atoms with Gasteiger partial charge < -0.3 is 42.0 Å². The Labute approximate surface area is 199 Å². The number of nitrogens with two attached hydrogens (primary N) is 1. The normalized spacial score (nSPS) is 15.1. The number of rotatable bonds is 15. The SMILES string of the molecule is CCC(C)C(NC(=O)C(CC(=O)O)NC(=O)C(N)CC(=O)O)C(=O)NC(Cc1cnc[nH]1)C(=O)O. The molecular weight excluding hydrogens is 468 g/mol. The van der Waals surface area contributed by atoms with Crippen LogP contribution < -0.4 is 21.7 Å². The van der Waals surface area contributed by atoms with Gasteiger partial charge in [-0.05, 0) is 5.92 Å². The summed E-state index contributed by atoms with van der Waals surface area (Å²) in [5, 5.41) is 34.2. The van der Waals surface area contributed by atoms with Gasteiger partial charge in [-0.25, -0.2) is 9.78 Å². The van der Waals surface area contributed by atoms with Gasteiger partial charge in [-0.3, -0.25) is 24.0 Å². The maximum atomic E-state index is 12.9. The van der Waals surface area contributed by atoms with E-state index in [1.165, 1.54) is 12.5 Å². The number of carbonyl (C=O) groups is 6. The third kappa shape index (κ3) is 9.79. The van der Waals surface area contributed by atoms with Gasteiger partial charge in [0.2, 0.25) is 17.7 Å². The van der Waals surface area contributed by atoms with Crippen LogP contribution >= 0.6 is 0 Å². The zero-order chi connectivity index (χ0) is 26.7. The summed E-state index contributed by atoms with van der Waals surface area (Å²) in [4.78, 5) is 78.0. The van der Waals surface area contributed by atoms with Crippen molar-refractivity contribution in [3.8, 4) is 0 Å². The first kappa shape index (κ1) is 29.0. The van der Waals surface area contributed by atoms with E-state index < -0.39 is 78.6 Å². The summed E-state index contributed by atoms with van der Waals surface area (Å²) < 4.78 is 0. The van der Waals surface area contributed by atoms with Gasteiger partial charge in [-0.1, -0.05) is 20.3 Å². The molecule has 15 heteroatoms. The van der Waals surface area contributed by atoms with Crippen LogP contribution in [0.25, 0.3) is 0 Å². The Morgan fingerprint density at radius 2 is 1.54 bits per heavy atom. The Bertz CT molecular complexity index is 920. The Balaban J connectivity index is 3.01. The number of aliphatic carboxylic acids is 3. The summed E-state index contributed by atoms with van der Waals surface area (Å²) >= 11 is 0. The summed E-state index contributed by atoms with van der Waals surface area (Å²) in [5.74, 6) is -7.59. The number of aromatic nitrogens is 2. The third-order valence-corrected chi connectivity index (χ3v) is 5.13. The highest BCUT2D eigenvalue weighted by Crippen LogP contribution is 2.10. The van der Waals surface area contributed by atoms with Gasteiger partial charge in [0, 0.05) is 18.3 Å². The average molecular weight is 498 g/mol. The molecule has 0 aromatic carbocycles. The lowest BCUT2D eigenvalue weighted by molar-refractivity contribution is -0.143. The number of nitrogens with one attached hydrogen (secondary N) is 4. The minimum absolute atomic E-state index is 0.110. The second-order valence-corrected chi connectivity index (χ2v) is 7.92. The first-order valence-electron chi connectivity index (χ1n) is 10.7. The van der Waals surface area contributed by atoms with Crippen LogP contribution in [0.1, 0.15) is 38.8 Å². The molecule has 1 aromatic heterocycles.